The van der Waals surface area contributed by atoms with Crippen LogP contribution in [0.2, 0.25) is 0 Å². The number of ether oxygens (including phenoxy) is 1. The Morgan fingerprint density at radius 3 is 2.44 bits per heavy atom. The molecule has 7 nitrogen and oxygen atoms in total. The molecule has 0 aliphatic rings. The lowest BCUT2D eigenvalue weighted by molar-refractivity contribution is 0.392. The summed E-state index contributed by atoms with van der Waals surface area (Å²) < 4.78 is 19.7. The minimum absolute atomic E-state index is 0.105. The molecule has 0 atom stereocenters. The Labute approximate surface area is 156 Å². The number of rotatable bonds is 6. The number of hydrogen-bond acceptors (Lipinski definition) is 7. The summed E-state index contributed by atoms with van der Waals surface area (Å²) in [5, 5.41) is 26.3. The van der Waals surface area contributed by atoms with Gasteiger partial charge in [0, 0.05) is 35.8 Å². The first kappa shape index (κ1) is 18.5. The summed E-state index contributed by atoms with van der Waals surface area (Å²) >= 11 is 0. The van der Waals surface area contributed by atoms with E-state index in [2.05, 4.69) is 20.4 Å². The molecule has 1 N–H and O–H groups in total. The number of hydrogen-bond donors (Lipinski definition) is 1. The van der Waals surface area contributed by atoms with E-state index in [9.17, 15) is 9.50 Å². The molecule has 1 aromatic carbocycles. The minimum Gasteiger partial charge on any atom is -0.507 e. The maximum atomic E-state index is 14.7. The van der Waals surface area contributed by atoms with E-state index in [0.29, 0.717) is 11.3 Å². The Kier molecular flexibility index (Phi) is 5.44. The zero-order valence-electron chi connectivity index (χ0n) is 15.3. The molecule has 2 heterocycles. The third-order valence-electron chi connectivity index (χ3n) is 4.25. The number of nitrogens with zero attached hydrogens (tertiary/aromatic N) is 5. The highest BCUT2D eigenvalue weighted by molar-refractivity contribution is 5.75. The van der Waals surface area contributed by atoms with Gasteiger partial charge in [0.05, 0.1) is 19.0 Å². The van der Waals surface area contributed by atoms with Crippen LogP contribution in [0.25, 0.3) is 22.4 Å². The van der Waals surface area contributed by atoms with Crippen LogP contribution in [-0.2, 0) is 0 Å². The first-order valence-corrected chi connectivity index (χ1v) is 8.56. The molecule has 3 aromatic rings. The van der Waals surface area contributed by atoms with Crippen molar-refractivity contribution in [1.82, 2.24) is 20.4 Å². The molecule has 0 fully saturated rings. The molecule has 27 heavy (non-hydrogen) atoms. The fourth-order valence-corrected chi connectivity index (χ4v) is 2.77. The van der Waals surface area contributed by atoms with Gasteiger partial charge in [0.2, 0.25) is 5.88 Å². The van der Waals surface area contributed by atoms with Gasteiger partial charge in [0.1, 0.15) is 11.6 Å². The van der Waals surface area contributed by atoms with Gasteiger partial charge in [-0.1, -0.05) is 0 Å². The van der Waals surface area contributed by atoms with Gasteiger partial charge in [-0.05, 0) is 38.1 Å². The third kappa shape index (κ3) is 3.79. The second kappa shape index (κ2) is 7.94. The highest BCUT2D eigenvalue weighted by Gasteiger charge is 2.15. The van der Waals surface area contributed by atoms with Gasteiger partial charge in [0.15, 0.2) is 5.82 Å². The maximum absolute atomic E-state index is 14.7. The zero-order chi connectivity index (χ0) is 19.4. The molecule has 0 aliphatic carbocycles. The second-order valence-electron chi connectivity index (χ2n) is 5.78. The van der Waals surface area contributed by atoms with E-state index < -0.39 is 5.82 Å². The molecule has 0 aliphatic heterocycles. The normalized spacial score (nSPS) is 10.7. The molecule has 0 unspecified atom stereocenters. The number of anilines is 1. The predicted octanol–water partition coefficient (Wildman–Crippen LogP) is 3.30. The average Bonchev–Trinajstić information content (AvgIpc) is 2.71. The lowest BCUT2D eigenvalue weighted by Crippen LogP contribution is -2.23. The highest BCUT2D eigenvalue weighted by atomic mass is 19.1. The van der Waals surface area contributed by atoms with E-state index in [1.54, 1.807) is 18.2 Å². The van der Waals surface area contributed by atoms with Crippen LogP contribution in [0.3, 0.4) is 0 Å². The van der Waals surface area contributed by atoms with Crippen LogP contribution in [0.4, 0.5) is 10.2 Å². The number of phenolic OH excluding ortho intramolecular Hbond substituents is 1. The van der Waals surface area contributed by atoms with Gasteiger partial charge < -0.3 is 14.7 Å². The average molecular weight is 369 g/mol. The Morgan fingerprint density at radius 1 is 1.04 bits per heavy atom. The van der Waals surface area contributed by atoms with E-state index in [-0.39, 0.29) is 22.8 Å². The molecule has 0 saturated heterocycles. The third-order valence-corrected chi connectivity index (χ3v) is 4.25. The van der Waals surface area contributed by atoms with E-state index in [4.69, 9.17) is 4.74 Å². The smallest absolute Gasteiger partial charge is 0.233 e. The summed E-state index contributed by atoms with van der Waals surface area (Å²) in [4.78, 5) is 2.05. The Bertz CT molecular complexity index is 930. The fourth-order valence-electron chi connectivity index (χ4n) is 2.77. The van der Waals surface area contributed by atoms with E-state index in [1.807, 2.05) is 18.7 Å². The lowest BCUT2D eigenvalue weighted by atomic mass is 10.0. The molecule has 2 aromatic heterocycles. The fraction of sp³-hybridized carbons (Fsp3) is 0.263. The van der Waals surface area contributed by atoms with Crippen molar-refractivity contribution in [2.24, 2.45) is 0 Å². The van der Waals surface area contributed by atoms with Gasteiger partial charge >= 0.3 is 0 Å². The SMILES string of the molecule is CCN(CC)c1ccc(-c2cc(F)c(-c3cnnc(OC)c3)cc2O)nn1. The molecule has 140 valence electrons. The van der Waals surface area contributed by atoms with Crippen LogP contribution in [0, 0.1) is 5.82 Å². The van der Waals surface area contributed by atoms with Crippen molar-refractivity contribution in [2.45, 2.75) is 13.8 Å². The molecule has 8 heteroatoms. The maximum Gasteiger partial charge on any atom is 0.233 e. The lowest BCUT2D eigenvalue weighted by Gasteiger charge is -2.19. The van der Waals surface area contributed by atoms with Gasteiger partial charge in [-0.3, -0.25) is 0 Å². The molecular formula is C19H20FN5O2. The van der Waals surface area contributed by atoms with Crippen molar-refractivity contribution in [2.75, 3.05) is 25.1 Å². The molecule has 0 spiro atoms. The number of halogens is 1. The second-order valence-corrected chi connectivity index (χ2v) is 5.78. The van der Waals surface area contributed by atoms with E-state index in [1.165, 1.54) is 25.4 Å². The van der Waals surface area contributed by atoms with Gasteiger partial charge in [-0.2, -0.15) is 5.10 Å². The quantitative estimate of drug-likeness (QED) is 0.713. The number of aromatic hydroxyl groups is 1. The largest absolute Gasteiger partial charge is 0.507 e. The van der Waals surface area contributed by atoms with Gasteiger partial charge in [-0.15, -0.1) is 15.3 Å². The van der Waals surface area contributed by atoms with Crippen LogP contribution >= 0.6 is 0 Å². The minimum atomic E-state index is -0.521. The van der Waals surface area contributed by atoms with Crippen molar-refractivity contribution in [3.8, 4) is 34.0 Å². The summed E-state index contributed by atoms with van der Waals surface area (Å²) in [6.45, 7) is 5.68. The number of aromatic nitrogens is 4. The first-order chi connectivity index (χ1) is 13.1. The molecule has 0 bridgehead atoms. The topological polar surface area (TPSA) is 84.3 Å². The van der Waals surface area contributed by atoms with Crippen molar-refractivity contribution in [1.29, 1.82) is 0 Å². The van der Waals surface area contributed by atoms with Gasteiger partial charge in [-0.25, -0.2) is 4.39 Å². The molecular weight excluding hydrogens is 349 g/mol. The first-order valence-electron chi connectivity index (χ1n) is 8.56. The van der Waals surface area contributed by atoms with Crippen molar-refractivity contribution in [3.05, 3.63) is 42.3 Å². The predicted molar refractivity (Wildman–Crippen MR) is 100 cm³/mol. The van der Waals surface area contributed by atoms with E-state index >= 15 is 0 Å². The number of methoxy groups -OCH3 is 1. The summed E-state index contributed by atoms with van der Waals surface area (Å²) in [7, 11) is 1.45. The van der Waals surface area contributed by atoms with Crippen LogP contribution in [-0.4, -0.2) is 45.7 Å². The summed E-state index contributed by atoms with van der Waals surface area (Å²) in [6, 6.07) is 7.63. The van der Waals surface area contributed by atoms with Gasteiger partial charge in [0.25, 0.3) is 0 Å². The van der Waals surface area contributed by atoms with Crippen LogP contribution in [0.5, 0.6) is 11.6 Å². The number of benzene rings is 1. The van der Waals surface area contributed by atoms with Crippen molar-refractivity contribution >= 4 is 5.82 Å². The highest BCUT2D eigenvalue weighted by Crippen LogP contribution is 2.35. The number of phenols is 1. The Balaban J connectivity index is 1.97. The summed E-state index contributed by atoms with van der Waals surface area (Å²) in [5.74, 6) is 0.364. The standard InChI is InChI=1S/C19H20FN5O2/c1-4-25(5-2)18-7-6-16(22-23-18)14-9-15(20)13(10-17(14)26)12-8-19(27-3)24-21-11-12/h6-11,26H,4-5H2,1-3H3. The van der Waals surface area contributed by atoms with Crippen LogP contribution in [0.15, 0.2) is 36.5 Å². The van der Waals surface area contributed by atoms with E-state index in [0.717, 1.165) is 18.9 Å². The van der Waals surface area contributed by atoms with Crippen molar-refractivity contribution in [3.63, 3.8) is 0 Å². The molecule has 3 rings (SSSR count). The summed E-state index contributed by atoms with van der Waals surface area (Å²) in [5.41, 5.74) is 1.30. The molecule has 0 radical (unpaired) electrons. The zero-order valence-corrected chi connectivity index (χ0v) is 15.3. The Hall–Kier alpha value is -3.29. The van der Waals surface area contributed by atoms with Crippen LogP contribution in [0.1, 0.15) is 13.8 Å². The Morgan fingerprint density at radius 2 is 1.81 bits per heavy atom. The monoisotopic (exact) mass is 369 g/mol. The van der Waals surface area contributed by atoms with Crippen LogP contribution < -0.4 is 9.64 Å². The van der Waals surface area contributed by atoms with Crippen molar-refractivity contribution < 1.29 is 14.2 Å². The molecule has 0 amide bonds. The molecule has 0 saturated carbocycles. The summed E-state index contributed by atoms with van der Waals surface area (Å²) in [6.07, 6.45) is 1.40.